The van der Waals surface area contributed by atoms with Gasteiger partial charge in [-0.2, -0.15) is 0 Å². The lowest BCUT2D eigenvalue weighted by atomic mass is 9.67. The number of rotatable bonds is 4. The third-order valence-corrected chi connectivity index (χ3v) is 5.10. The quantitative estimate of drug-likeness (QED) is 0.337. The Morgan fingerprint density at radius 2 is 1.04 bits per heavy atom. The Balaban J connectivity index is 2.12. The summed E-state index contributed by atoms with van der Waals surface area (Å²) in [7, 11) is 0. The largest absolute Gasteiger partial charge is 0.340 e. The molecule has 0 amide bonds. The molecule has 1 aromatic heterocycles. The Labute approximate surface area is 161 Å². The smallest absolute Gasteiger partial charge is 0.168 e. The number of halogens is 1. The zero-order valence-electron chi connectivity index (χ0n) is 13.6. The van der Waals surface area contributed by atoms with E-state index in [1.54, 1.807) is 0 Å². The second kappa shape index (κ2) is 6.84. The third kappa shape index (κ3) is 2.78. The maximum absolute atomic E-state index is 4.84. The second-order valence-electron chi connectivity index (χ2n) is 5.92. The van der Waals surface area contributed by atoms with Crippen LogP contribution in [0.15, 0.2) is 97.2 Å². The van der Waals surface area contributed by atoms with Gasteiger partial charge in [0.2, 0.25) is 0 Å². The van der Waals surface area contributed by atoms with Crippen LogP contribution in [-0.2, 0) is 5.41 Å². The van der Waals surface area contributed by atoms with E-state index in [1.807, 2.05) is 6.20 Å². The molecule has 0 aliphatic carbocycles. The monoisotopic (exact) mass is 436 g/mol. The van der Waals surface area contributed by atoms with Gasteiger partial charge < -0.3 is 4.98 Å². The van der Waals surface area contributed by atoms with Crippen LogP contribution in [0.25, 0.3) is 0 Å². The first-order valence-electron chi connectivity index (χ1n) is 8.20. The van der Waals surface area contributed by atoms with Crippen molar-refractivity contribution < 1.29 is 0 Å². The van der Waals surface area contributed by atoms with Gasteiger partial charge in [0.05, 0.1) is 11.1 Å². The third-order valence-electron chi connectivity index (χ3n) is 4.55. The van der Waals surface area contributed by atoms with Gasteiger partial charge in [0.15, 0.2) is 3.83 Å². The number of benzene rings is 3. The highest BCUT2D eigenvalue weighted by Gasteiger charge is 2.40. The fraction of sp³-hybridized carbons (Fsp3) is 0.0455. The van der Waals surface area contributed by atoms with E-state index in [9.17, 15) is 0 Å². The molecule has 0 fully saturated rings. The molecule has 25 heavy (non-hydrogen) atoms. The van der Waals surface area contributed by atoms with Gasteiger partial charge in [0.1, 0.15) is 0 Å². The number of H-pyrrole nitrogens is 1. The van der Waals surface area contributed by atoms with E-state index in [1.165, 1.54) is 16.7 Å². The zero-order chi connectivity index (χ0) is 17.1. The lowest BCUT2D eigenvalue weighted by molar-refractivity contribution is 0.719. The highest BCUT2D eigenvalue weighted by Crippen LogP contribution is 2.44. The van der Waals surface area contributed by atoms with Crippen molar-refractivity contribution in [3.8, 4) is 0 Å². The summed E-state index contributed by atoms with van der Waals surface area (Å²) >= 11 is 2.23. The van der Waals surface area contributed by atoms with Gasteiger partial charge in [-0.15, -0.1) is 0 Å². The molecule has 0 saturated carbocycles. The summed E-state index contributed by atoms with van der Waals surface area (Å²) in [6.45, 7) is 0. The zero-order valence-corrected chi connectivity index (χ0v) is 15.7. The lowest BCUT2D eigenvalue weighted by Crippen LogP contribution is -2.31. The standard InChI is InChI=1S/C22H17IN2/c23-21-24-16-20(25-21)22(17-10-4-1-5-11-17,18-12-6-2-7-13-18)19-14-8-3-9-15-19/h1-16H,(H,24,25). The van der Waals surface area contributed by atoms with Gasteiger partial charge in [-0.3, -0.25) is 0 Å². The van der Waals surface area contributed by atoms with E-state index in [4.69, 9.17) is 4.98 Å². The van der Waals surface area contributed by atoms with Gasteiger partial charge in [-0.25, -0.2) is 4.98 Å². The molecule has 0 atom stereocenters. The molecule has 0 spiro atoms. The normalized spacial score (nSPS) is 11.4. The summed E-state index contributed by atoms with van der Waals surface area (Å²) in [5, 5.41) is 0. The molecule has 0 saturated heterocycles. The minimum atomic E-state index is -0.455. The summed E-state index contributed by atoms with van der Waals surface area (Å²) < 4.78 is 0.889. The number of aromatic nitrogens is 2. The molecule has 0 aliphatic heterocycles. The summed E-state index contributed by atoms with van der Waals surface area (Å²) in [6.07, 6.45) is 2.02. The molecule has 1 N–H and O–H groups in total. The topological polar surface area (TPSA) is 28.7 Å². The van der Waals surface area contributed by atoms with E-state index < -0.39 is 5.41 Å². The fourth-order valence-electron chi connectivity index (χ4n) is 3.50. The molecule has 4 aromatic rings. The van der Waals surface area contributed by atoms with Crippen molar-refractivity contribution in [1.29, 1.82) is 0 Å². The molecule has 4 rings (SSSR count). The number of aromatic amines is 1. The van der Waals surface area contributed by atoms with Crippen LogP contribution in [0.5, 0.6) is 0 Å². The maximum atomic E-state index is 4.84. The van der Waals surface area contributed by atoms with Crippen molar-refractivity contribution in [1.82, 2.24) is 9.97 Å². The molecular weight excluding hydrogens is 419 g/mol. The van der Waals surface area contributed by atoms with Crippen molar-refractivity contribution in [3.63, 3.8) is 0 Å². The van der Waals surface area contributed by atoms with Crippen LogP contribution < -0.4 is 0 Å². The van der Waals surface area contributed by atoms with E-state index in [-0.39, 0.29) is 0 Å². The first-order chi connectivity index (χ1) is 12.3. The van der Waals surface area contributed by atoms with Crippen molar-refractivity contribution >= 4 is 22.6 Å². The summed E-state index contributed by atoms with van der Waals surface area (Å²) in [5.74, 6) is 0. The van der Waals surface area contributed by atoms with Gasteiger partial charge in [0.25, 0.3) is 0 Å². The van der Waals surface area contributed by atoms with E-state index >= 15 is 0 Å². The predicted octanol–water partition coefficient (Wildman–Crippen LogP) is 5.40. The van der Waals surface area contributed by atoms with Crippen LogP contribution in [0.3, 0.4) is 0 Å². The number of hydrogen-bond acceptors (Lipinski definition) is 1. The summed E-state index contributed by atoms with van der Waals surface area (Å²) in [4.78, 5) is 8.10. The lowest BCUT2D eigenvalue weighted by Gasteiger charge is -2.34. The second-order valence-corrected chi connectivity index (χ2v) is 6.95. The van der Waals surface area contributed by atoms with E-state index in [2.05, 4.69) is 119 Å². The van der Waals surface area contributed by atoms with Crippen molar-refractivity contribution in [2.45, 2.75) is 5.41 Å². The molecule has 0 aliphatic rings. The molecule has 3 heteroatoms. The number of nitrogens with one attached hydrogen (secondary N) is 1. The first kappa shape index (κ1) is 16.1. The molecule has 2 nitrogen and oxygen atoms in total. The minimum Gasteiger partial charge on any atom is -0.340 e. The Morgan fingerprint density at radius 1 is 0.640 bits per heavy atom. The number of nitrogens with zero attached hydrogens (tertiary/aromatic N) is 1. The van der Waals surface area contributed by atoms with Crippen molar-refractivity contribution in [3.05, 3.63) is 123 Å². The van der Waals surface area contributed by atoms with Gasteiger partial charge >= 0.3 is 0 Å². The Bertz CT molecular complexity index is 850. The first-order valence-corrected chi connectivity index (χ1v) is 9.27. The van der Waals surface area contributed by atoms with Crippen LogP contribution in [-0.4, -0.2) is 9.97 Å². The average Bonchev–Trinajstić information content (AvgIpc) is 3.12. The van der Waals surface area contributed by atoms with Crippen LogP contribution >= 0.6 is 22.6 Å². The van der Waals surface area contributed by atoms with Crippen LogP contribution in [0, 0.1) is 3.83 Å². The number of hydrogen-bond donors (Lipinski definition) is 1. The van der Waals surface area contributed by atoms with E-state index in [0.717, 1.165) is 9.53 Å². The fourth-order valence-corrected chi connectivity index (χ4v) is 3.91. The maximum Gasteiger partial charge on any atom is 0.168 e. The summed E-state index contributed by atoms with van der Waals surface area (Å²) in [5.41, 5.74) is 4.16. The molecule has 0 unspecified atom stereocenters. The SMILES string of the molecule is Ic1nc(C(c2ccccc2)(c2ccccc2)c2ccccc2)c[nH]1. The average molecular weight is 436 g/mol. The van der Waals surface area contributed by atoms with Crippen molar-refractivity contribution in [2.75, 3.05) is 0 Å². The molecular formula is C22H17IN2. The highest BCUT2D eigenvalue weighted by molar-refractivity contribution is 14.1. The Morgan fingerprint density at radius 3 is 1.36 bits per heavy atom. The van der Waals surface area contributed by atoms with Crippen molar-refractivity contribution in [2.24, 2.45) is 0 Å². The van der Waals surface area contributed by atoms with Gasteiger partial charge in [-0.05, 0) is 39.3 Å². The Hall–Kier alpha value is -2.40. The molecule has 3 aromatic carbocycles. The minimum absolute atomic E-state index is 0.455. The van der Waals surface area contributed by atoms with E-state index in [0.29, 0.717) is 0 Å². The van der Waals surface area contributed by atoms with Gasteiger partial charge in [0, 0.05) is 6.20 Å². The highest BCUT2D eigenvalue weighted by atomic mass is 127. The molecule has 0 bridgehead atoms. The van der Waals surface area contributed by atoms with Crippen LogP contribution in [0.2, 0.25) is 0 Å². The molecule has 0 radical (unpaired) electrons. The predicted molar refractivity (Wildman–Crippen MR) is 110 cm³/mol. The number of imidazole rings is 1. The molecule has 122 valence electrons. The van der Waals surface area contributed by atoms with Crippen LogP contribution in [0.4, 0.5) is 0 Å². The molecule has 1 heterocycles. The Kier molecular flexibility index (Phi) is 4.40. The van der Waals surface area contributed by atoms with Gasteiger partial charge in [-0.1, -0.05) is 91.0 Å². The van der Waals surface area contributed by atoms with Crippen LogP contribution in [0.1, 0.15) is 22.4 Å². The summed E-state index contributed by atoms with van der Waals surface area (Å²) in [6, 6.07) is 31.8.